The van der Waals surface area contributed by atoms with Crippen LogP contribution in [0.2, 0.25) is 0 Å². The van der Waals surface area contributed by atoms with E-state index in [2.05, 4.69) is 10.3 Å². The summed E-state index contributed by atoms with van der Waals surface area (Å²) in [5.41, 5.74) is 7.63. The van der Waals surface area contributed by atoms with Gasteiger partial charge < -0.3 is 16.2 Å². The first-order chi connectivity index (χ1) is 7.83. The molecule has 1 aromatic carbocycles. The Kier molecular flexibility index (Phi) is 3.22. The van der Waals surface area contributed by atoms with Crippen molar-refractivity contribution in [3.63, 3.8) is 0 Å². The molecule has 2 aromatic rings. The van der Waals surface area contributed by atoms with Crippen LogP contribution >= 0.6 is 0 Å². The highest BCUT2D eigenvalue weighted by atomic mass is 16.3. The van der Waals surface area contributed by atoms with Gasteiger partial charge in [0, 0.05) is 47.7 Å². The lowest BCUT2D eigenvalue weighted by molar-refractivity contribution is 0.292. The molecule has 0 aliphatic rings. The van der Waals surface area contributed by atoms with Gasteiger partial charge in [-0.15, -0.1) is 0 Å². The van der Waals surface area contributed by atoms with Crippen LogP contribution in [0.1, 0.15) is 6.42 Å². The lowest BCUT2D eigenvalue weighted by Gasteiger charge is -2.10. The third-order valence-electron chi connectivity index (χ3n) is 2.50. The maximum Gasteiger partial charge on any atom is 0.0447 e. The normalized spacial score (nSPS) is 10.6. The Morgan fingerprint density at radius 2 is 2.12 bits per heavy atom. The predicted octanol–water partition coefficient (Wildman–Crippen LogP) is 1.61. The maximum absolute atomic E-state index is 8.73. The Bertz CT molecular complexity index is 485. The van der Waals surface area contributed by atoms with Gasteiger partial charge in [-0.1, -0.05) is 0 Å². The molecule has 1 aromatic heterocycles. The number of fused-ring (bicyclic) bond motifs is 1. The summed E-state index contributed by atoms with van der Waals surface area (Å²) in [5.74, 6) is 0. The van der Waals surface area contributed by atoms with Crippen molar-refractivity contribution in [3.05, 3.63) is 30.6 Å². The summed E-state index contributed by atoms with van der Waals surface area (Å²) >= 11 is 0. The number of nitrogens with two attached hydrogens (primary N) is 1. The largest absolute Gasteiger partial charge is 0.398 e. The lowest BCUT2D eigenvalue weighted by Crippen LogP contribution is -2.04. The summed E-state index contributed by atoms with van der Waals surface area (Å²) in [6, 6.07) is 5.76. The Labute approximate surface area is 94.1 Å². The monoisotopic (exact) mass is 217 g/mol. The molecule has 0 saturated heterocycles. The van der Waals surface area contributed by atoms with Crippen LogP contribution in [0.5, 0.6) is 0 Å². The van der Waals surface area contributed by atoms with Gasteiger partial charge in [0.05, 0.1) is 0 Å². The SMILES string of the molecule is Nc1ccc(NCCCO)c2ccncc12. The van der Waals surface area contributed by atoms with Gasteiger partial charge in [-0.05, 0) is 24.6 Å². The molecule has 0 unspecified atom stereocenters. The summed E-state index contributed by atoms with van der Waals surface area (Å²) in [4.78, 5) is 4.06. The molecule has 0 aliphatic heterocycles. The number of aliphatic hydroxyl groups is 1. The molecule has 0 atom stereocenters. The lowest BCUT2D eigenvalue weighted by atomic mass is 10.1. The van der Waals surface area contributed by atoms with Crippen molar-refractivity contribution in [1.82, 2.24) is 4.98 Å². The number of hydrogen-bond donors (Lipinski definition) is 3. The molecule has 0 radical (unpaired) electrons. The molecular formula is C12H15N3O. The average molecular weight is 217 g/mol. The van der Waals surface area contributed by atoms with Crippen LogP contribution in [0.4, 0.5) is 11.4 Å². The van der Waals surface area contributed by atoms with Gasteiger partial charge in [-0.25, -0.2) is 0 Å². The minimum absolute atomic E-state index is 0.196. The molecular weight excluding hydrogens is 202 g/mol. The van der Waals surface area contributed by atoms with Gasteiger partial charge in [0.2, 0.25) is 0 Å². The summed E-state index contributed by atoms with van der Waals surface area (Å²) in [7, 11) is 0. The zero-order valence-electron chi connectivity index (χ0n) is 8.98. The number of anilines is 2. The van der Waals surface area contributed by atoms with E-state index in [1.165, 1.54) is 0 Å². The van der Waals surface area contributed by atoms with Gasteiger partial charge in [0.25, 0.3) is 0 Å². The smallest absolute Gasteiger partial charge is 0.0447 e. The molecule has 0 saturated carbocycles. The average Bonchev–Trinajstić information content (AvgIpc) is 2.33. The van der Waals surface area contributed by atoms with Gasteiger partial charge in [-0.2, -0.15) is 0 Å². The maximum atomic E-state index is 8.73. The standard InChI is InChI=1S/C12H15N3O/c13-11-2-3-12(15-5-1-7-16)9-4-6-14-8-10(9)11/h2-4,6,8,15-16H,1,5,7,13H2. The first-order valence-electron chi connectivity index (χ1n) is 5.30. The van der Waals surface area contributed by atoms with Crippen molar-refractivity contribution in [2.45, 2.75) is 6.42 Å². The summed E-state index contributed by atoms with van der Waals surface area (Å²) < 4.78 is 0. The fourth-order valence-electron chi connectivity index (χ4n) is 1.67. The Morgan fingerprint density at radius 3 is 2.94 bits per heavy atom. The van der Waals surface area contributed by atoms with E-state index in [1.807, 2.05) is 18.2 Å². The van der Waals surface area contributed by atoms with Crippen LogP contribution < -0.4 is 11.1 Å². The minimum atomic E-state index is 0.196. The van der Waals surface area contributed by atoms with Crippen LogP contribution in [0.25, 0.3) is 10.8 Å². The number of hydrogen-bond acceptors (Lipinski definition) is 4. The third-order valence-corrected chi connectivity index (χ3v) is 2.50. The van der Waals surface area contributed by atoms with Crippen LogP contribution in [0.15, 0.2) is 30.6 Å². The molecule has 0 fully saturated rings. The van der Waals surface area contributed by atoms with Gasteiger partial charge in [-0.3, -0.25) is 4.98 Å². The van der Waals surface area contributed by atoms with Crippen molar-refractivity contribution < 1.29 is 5.11 Å². The van der Waals surface area contributed by atoms with E-state index in [0.717, 1.165) is 35.1 Å². The quantitative estimate of drug-likeness (QED) is 0.537. The van der Waals surface area contributed by atoms with Gasteiger partial charge >= 0.3 is 0 Å². The Hall–Kier alpha value is -1.81. The molecule has 4 N–H and O–H groups in total. The molecule has 0 bridgehead atoms. The summed E-state index contributed by atoms with van der Waals surface area (Å²) in [5, 5.41) is 14.0. The fraction of sp³-hybridized carbons (Fsp3) is 0.250. The van der Waals surface area contributed by atoms with Crippen molar-refractivity contribution >= 4 is 22.1 Å². The number of nitrogens with zero attached hydrogens (tertiary/aromatic N) is 1. The van der Waals surface area contributed by atoms with E-state index < -0.39 is 0 Å². The van der Waals surface area contributed by atoms with E-state index in [4.69, 9.17) is 10.8 Å². The molecule has 1 heterocycles. The molecule has 84 valence electrons. The second-order valence-electron chi connectivity index (χ2n) is 3.63. The molecule has 0 aliphatic carbocycles. The number of benzene rings is 1. The van der Waals surface area contributed by atoms with Crippen LogP contribution in [0, 0.1) is 0 Å². The number of nitrogens with one attached hydrogen (secondary N) is 1. The third kappa shape index (κ3) is 2.06. The van der Waals surface area contributed by atoms with Crippen molar-refractivity contribution in [1.29, 1.82) is 0 Å². The Balaban J connectivity index is 2.35. The zero-order valence-corrected chi connectivity index (χ0v) is 8.98. The molecule has 4 heteroatoms. The summed E-state index contributed by atoms with van der Waals surface area (Å²) in [6.07, 6.45) is 4.25. The van der Waals surface area contributed by atoms with Crippen LogP contribution in [-0.4, -0.2) is 23.2 Å². The molecule has 2 rings (SSSR count). The number of pyridine rings is 1. The second kappa shape index (κ2) is 4.81. The highest BCUT2D eigenvalue weighted by molar-refractivity contribution is 6.00. The Morgan fingerprint density at radius 1 is 1.25 bits per heavy atom. The van der Waals surface area contributed by atoms with E-state index in [0.29, 0.717) is 0 Å². The van der Waals surface area contributed by atoms with E-state index in [9.17, 15) is 0 Å². The first kappa shape index (κ1) is 10.7. The second-order valence-corrected chi connectivity index (χ2v) is 3.63. The summed E-state index contributed by atoms with van der Waals surface area (Å²) in [6.45, 7) is 0.944. The molecule has 0 amide bonds. The highest BCUT2D eigenvalue weighted by Gasteiger charge is 2.02. The number of aromatic nitrogens is 1. The van der Waals surface area contributed by atoms with E-state index >= 15 is 0 Å². The van der Waals surface area contributed by atoms with Crippen molar-refractivity contribution in [3.8, 4) is 0 Å². The number of aliphatic hydroxyl groups excluding tert-OH is 1. The highest BCUT2D eigenvalue weighted by Crippen LogP contribution is 2.27. The van der Waals surface area contributed by atoms with Crippen LogP contribution in [-0.2, 0) is 0 Å². The minimum Gasteiger partial charge on any atom is -0.398 e. The number of rotatable bonds is 4. The zero-order chi connectivity index (χ0) is 11.4. The first-order valence-corrected chi connectivity index (χ1v) is 5.30. The van der Waals surface area contributed by atoms with E-state index in [1.54, 1.807) is 12.4 Å². The molecule has 16 heavy (non-hydrogen) atoms. The molecule has 0 spiro atoms. The van der Waals surface area contributed by atoms with Crippen molar-refractivity contribution in [2.24, 2.45) is 0 Å². The van der Waals surface area contributed by atoms with Crippen molar-refractivity contribution in [2.75, 3.05) is 24.2 Å². The number of nitrogen functional groups attached to an aromatic ring is 1. The topological polar surface area (TPSA) is 71.2 Å². The van der Waals surface area contributed by atoms with Crippen LogP contribution in [0.3, 0.4) is 0 Å². The van der Waals surface area contributed by atoms with E-state index in [-0.39, 0.29) is 6.61 Å². The predicted molar refractivity (Wildman–Crippen MR) is 66.3 cm³/mol. The molecule has 4 nitrogen and oxygen atoms in total. The van der Waals surface area contributed by atoms with Gasteiger partial charge in [0.1, 0.15) is 0 Å². The fourth-order valence-corrected chi connectivity index (χ4v) is 1.67. The van der Waals surface area contributed by atoms with Gasteiger partial charge in [0.15, 0.2) is 0 Å².